The van der Waals surface area contributed by atoms with Gasteiger partial charge in [0.1, 0.15) is 0 Å². The van der Waals surface area contributed by atoms with E-state index in [1.165, 1.54) is 6.42 Å². The molecule has 3 N–H and O–H groups in total. The molecule has 1 aliphatic rings. The van der Waals surface area contributed by atoms with Crippen LogP contribution in [-0.4, -0.2) is 25.0 Å². The first-order valence-electron chi connectivity index (χ1n) is 5.43. The molecule has 0 radical (unpaired) electrons. The summed E-state index contributed by atoms with van der Waals surface area (Å²) < 4.78 is 0. The summed E-state index contributed by atoms with van der Waals surface area (Å²) >= 11 is 0. The lowest BCUT2D eigenvalue weighted by molar-refractivity contribution is 0.274. The Morgan fingerprint density at radius 2 is 2.50 bits per heavy atom. The normalized spacial score (nSPS) is 25.9. The molecule has 1 saturated heterocycles. The maximum atomic E-state index is 5.25. The van der Waals surface area contributed by atoms with Crippen molar-refractivity contribution in [2.24, 2.45) is 16.8 Å². The minimum absolute atomic E-state index is 0.301. The van der Waals surface area contributed by atoms with Crippen molar-refractivity contribution in [3.8, 4) is 0 Å². The third-order valence-corrected chi connectivity index (χ3v) is 2.71. The van der Waals surface area contributed by atoms with Crippen molar-refractivity contribution in [3.63, 3.8) is 0 Å². The fraction of sp³-hybridized carbons (Fsp3) is 0.900. The molecule has 2 unspecified atom stereocenters. The van der Waals surface area contributed by atoms with Crippen LogP contribution in [-0.2, 0) is 4.84 Å². The van der Waals surface area contributed by atoms with Gasteiger partial charge in [-0.25, -0.2) is 0 Å². The summed E-state index contributed by atoms with van der Waals surface area (Å²) in [6, 6.07) is 0.301. The Bertz CT molecular complexity index is 188. The van der Waals surface area contributed by atoms with Gasteiger partial charge in [-0.15, -0.1) is 0 Å². The van der Waals surface area contributed by atoms with Gasteiger partial charge in [-0.2, -0.15) is 5.90 Å². The zero-order valence-corrected chi connectivity index (χ0v) is 9.12. The van der Waals surface area contributed by atoms with Gasteiger partial charge in [0.05, 0.1) is 6.04 Å². The summed E-state index contributed by atoms with van der Waals surface area (Å²) in [5.74, 6) is 6.33. The number of nitrogens with zero attached hydrogens (tertiary/aromatic N) is 1. The van der Waals surface area contributed by atoms with Gasteiger partial charge in [-0.1, -0.05) is 6.92 Å². The molecule has 1 fully saturated rings. The van der Waals surface area contributed by atoms with Crippen LogP contribution < -0.4 is 11.2 Å². The number of nitrogens with two attached hydrogens (primary N) is 1. The molecule has 2 atom stereocenters. The number of rotatable bonds is 3. The lowest BCUT2D eigenvalue weighted by Crippen LogP contribution is -2.36. The Morgan fingerprint density at radius 1 is 1.71 bits per heavy atom. The minimum Gasteiger partial charge on any atom is -0.396 e. The Morgan fingerprint density at radius 3 is 3.00 bits per heavy atom. The second-order valence-electron chi connectivity index (χ2n) is 3.89. The first-order valence-corrected chi connectivity index (χ1v) is 5.43. The summed E-state index contributed by atoms with van der Waals surface area (Å²) in [4.78, 5) is 9.34. The topological polar surface area (TPSA) is 59.6 Å². The second-order valence-corrected chi connectivity index (χ2v) is 3.89. The lowest BCUT2D eigenvalue weighted by Gasteiger charge is -2.23. The molecule has 1 rings (SSSR count). The third-order valence-electron chi connectivity index (χ3n) is 2.71. The number of nitrogens with one attached hydrogen (secondary N) is 1. The van der Waals surface area contributed by atoms with Crippen molar-refractivity contribution in [1.29, 1.82) is 0 Å². The number of hydrogen-bond acceptors (Lipinski definition) is 4. The highest BCUT2D eigenvalue weighted by atomic mass is 16.6. The molecule has 0 aromatic heterocycles. The molecular formula is C10H21N3O. The summed E-state index contributed by atoms with van der Waals surface area (Å²) in [5.41, 5.74) is 0. The lowest BCUT2D eigenvalue weighted by atomic mass is 9.99. The first-order chi connectivity index (χ1) is 6.77. The molecule has 0 aliphatic carbocycles. The zero-order chi connectivity index (χ0) is 10.4. The van der Waals surface area contributed by atoms with E-state index in [0.29, 0.717) is 17.9 Å². The predicted molar refractivity (Wildman–Crippen MR) is 58.1 cm³/mol. The van der Waals surface area contributed by atoms with E-state index in [0.717, 1.165) is 25.9 Å². The molecule has 0 aromatic carbocycles. The van der Waals surface area contributed by atoms with Gasteiger partial charge in [-0.3, -0.25) is 4.99 Å². The summed E-state index contributed by atoms with van der Waals surface area (Å²) in [6.45, 7) is 6.22. The van der Waals surface area contributed by atoms with Gasteiger partial charge < -0.3 is 10.2 Å². The molecule has 1 heterocycles. The molecule has 4 nitrogen and oxygen atoms in total. The maximum absolute atomic E-state index is 5.25. The second kappa shape index (κ2) is 5.98. The molecular weight excluding hydrogens is 178 g/mol. The van der Waals surface area contributed by atoms with Crippen molar-refractivity contribution in [1.82, 2.24) is 5.32 Å². The zero-order valence-electron chi connectivity index (χ0n) is 9.12. The van der Waals surface area contributed by atoms with Crippen LogP contribution in [0, 0.1) is 5.92 Å². The van der Waals surface area contributed by atoms with Crippen LogP contribution in [0.25, 0.3) is 0 Å². The SMILES string of the molecule is CCC(C)N=C(ON)C1CCCNC1. The van der Waals surface area contributed by atoms with Crippen LogP contribution in [0.3, 0.4) is 0 Å². The summed E-state index contributed by atoms with van der Waals surface area (Å²) in [5, 5.41) is 3.32. The molecule has 1 aliphatic heterocycles. The summed E-state index contributed by atoms with van der Waals surface area (Å²) in [7, 11) is 0. The van der Waals surface area contributed by atoms with E-state index in [9.17, 15) is 0 Å². The third kappa shape index (κ3) is 3.27. The molecule has 82 valence electrons. The van der Waals surface area contributed by atoms with Crippen molar-refractivity contribution in [2.75, 3.05) is 13.1 Å². The first kappa shape index (κ1) is 11.5. The van der Waals surface area contributed by atoms with Gasteiger partial charge in [0, 0.05) is 12.5 Å². The van der Waals surface area contributed by atoms with Crippen LogP contribution in [0.2, 0.25) is 0 Å². The van der Waals surface area contributed by atoms with Crippen molar-refractivity contribution >= 4 is 5.90 Å². The van der Waals surface area contributed by atoms with E-state index >= 15 is 0 Å². The van der Waals surface area contributed by atoms with Gasteiger partial charge in [0.25, 0.3) is 0 Å². The maximum Gasteiger partial charge on any atom is 0.213 e. The van der Waals surface area contributed by atoms with Crippen LogP contribution in [0.4, 0.5) is 0 Å². The fourth-order valence-electron chi connectivity index (χ4n) is 1.60. The van der Waals surface area contributed by atoms with E-state index < -0.39 is 0 Å². The average Bonchev–Trinajstić information content (AvgIpc) is 2.26. The van der Waals surface area contributed by atoms with Gasteiger partial charge >= 0.3 is 0 Å². The molecule has 14 heavy (non-hydrogen) atoms. The number of hydrogen-bond donors (Lipinski definition) is 2. The van der Waals surface area contributed by atoms with E-state index in [2.05, 4.69) is 24.2 Å². The molecule has 0 amide bonds. The van der Waals surface area contributed by atoms with E-state index in [4.69, 9.17) is 10.7 Å². The quantitative estimate of drug-likeness (QED) is 0.406. The Hall–Kier alpha value is -0.610. The molecule has 0 bridgehead atoms. The smallest absolute Gasteiger partial charge is 0.213 e. The van der Waals surface area contributed by atoms with Crippen molar-refractivity contribution < 1.29 is 4.84 Å². The molecule has 0 spiro atoms. The van der Waals surface area contributed by atoms with Gasteiger partial charge in [-0.05, 0) is 32.7 Å². The molecule has 4 heteroatoms. The van der Waals surface area contributed by atoms with Gasteiger partial charge in [0.2, 0.25) is 5.90 Å². The number of aliphatic imine (C=N–C) groups is 1. The van der Waals surface area contributed by atoms with Crippen LogP contribution in [0.15, 0.2) is 4.99 Å². The predicted octanol–water partition coefficient (Wildman–Crippen LogP) is 1.07. The standard InChI is InChI=1S/C10H21N3O/c1-3-8(2)13-10(14-11)9-5-4-6-12-7-9/h8-9,12H,3-7,11H2,1-2H3. The highest BCUT2D eigenvalue weighted by Crippen LogP contribution is 2.13. The largest absolute Gasteiger partial charge is 0.396 e. The van der Waals surface area contributed by atoms with E-state index in [1.807, 2.05) is 0 Å². The Balaban J connectivity index is 2.54. The fourth-order valence-corrected chi connectivity index (χ4v) is 1.60. The van der Waals surface area contributed by atoms with Crippen molar-refractivity contribution in [2.45, 2.75) is 39.2 Å². The minimum atomic E-state index is 0.301. The Kier molecular flexibility index (Phi) is 4.90. The van der Waals surface area contributed by atoms with Gasteiger partial charge in [0.15, 0.2) is 0 Å². The van der Waals surface area contributed by atoms with Crippen LogP contribution >= 0.6 is 0 Å². The molecule has 0 saturated carbocycles. The number of piperidine rings is 1. The molecule has 0 aromatic rings. The Labute approximate surface area is 85.9 Å². The summed E-state index contributed by atoms with van der Waals surface area (Å²) in [6.07, 6.45) is 3.32. The van der Waals surface area contributed by atoms with E-state index in [1.54, 1.807) is 0 Å². The van der Waals surface area contributed by atoms with Crippen molar-refractivity contribution in [3.05, 3.63) is 0 Å². The highest BCUT2D eigenvalue weighted by Gasteiger charge is 2.20. The van der Waals surface area contributed by atoms with E-state index in [-0.39, 0.29) is 0 Å². The monoisotopic (exact) mass is 199 g/mol. The van der Waals surface area contributed by atoms with Crippen LogP contribution in [0.5, 0.6) is 0 Å². The average molecular weight is 199 g/mol. The highest BCUT2D eigenvalue weighted by molar-refractivity contribution is 5.79. The van der Waals surface area contributed by atoms with Crippen LogP contribution in [0.1, 0.15) is 33.1 Å².